The molecular weight excluding hydrogens is 366 g/mol. The summed E-state index contributed by atoms with van der Waals surface area (Å²) in [5.74, 6) is 0.546. The number of nitrogens with zero attached hydrogens (tertiary/aromatic N) is 1. The highest BCUT2D eigenvalue weighted by atomic mass is 35.5. The summed E-state index contributed by atoms with van der Waals surface area (Å²) >= 11 is 8.91. The molecule has 0 atom stereocenters. The van der Waals surface area contributed by atoms with Crippen molar-refractivity contribution in [2.45, 2.75) is 6.92 Å². The first-order chi connectivity index (χ1) is 11.6. The first-order valence-corrected chi connectivity index (χ1v) is 9.05. The molecule has 24 heavy (non-hydrogen) atoms. The van der Waals surface area contributed by atoms with Gasteiger partial charge in [0.1, 0.15) is 0 Å². The molecule has 0 aliphatic rings. The molecule has 0 amide bonds. The Bertz CT molecular complexity index is 1010. The number of thiophene rings is 2. The van der Waals surface area contributed by atoms with Crippen LogP contribution in [0.4, 0.5) is 0 Å². The minimum atomic E-state index is -0.449. The van der Waals surface area contributed by atoms with Crippen molar-refractivity contribution in [2.24, 2.45) is 0 Å². The minimum absolute atomic E-state index is 0.161. The van der Waals surface area contributed by atoms with Crippen molar-refractivity contribution in [1.82, 2.24) is 4.98 Å². The van der Waals surface area contributed by atoms with E-state index in [0.29, 0.717) is 16.0 Å². The molecule has 0 aliphatic carbocycles. The highest BCUT2D eigenvalue weighted by Crippen LogP contribution is 2.41. The molecular formula is C17H10ClNO3S2. The Kier molecular flexibility index (Phi) is 3.88. The van der Waals surface area contributed by atoms with E-state index >= 15 is 0 Å². The Labute approximate surface area is 150 Å². The first-order valence-electron chi connectivity index (χ1n) is 7.04. The van der Waals surface area contributed by atoms with Gasteiger partial charge in [0, 0.05) is 11.6 Å². The summed E-state index contributed by atoms with van der Waals surface area (Å²) < 4.78 is 12.9. The van der Waals surface area contributed by atoms with Gasteiger partial charge in [-0.25, -0.2) is 0 Å². The van der Waals surface area contributed by atoms with Gasteiger partial charge in [0.05, 0.1) is 14.1 Å². The summed E-state index contributed by atoms with van der Waals surface area (Å²) in [6.07, 6.45) is 0. The Balaban J connectivity index is 1.84. The highest BCUT2D eigenvalue weighted by Gasteiger charge is 2.21. The molecule has 7 heteroatoms. The molecule has 4 rings (SSSR count). The molecule has 0 N–H and O–H groups in total. The average Bonchev–Trinajstić information content (AvgIpc) is 3.23. The predicted octanol–water partition coefficient (Wildman–Crippen LogP) is 5.86. The lowest BCUT2D eigenvalue weighted by Gasteiger charge is -1.96. The quantitative estimate of drug-likeness (QED) is 0.420. The Morgan fingerprint density at radius 1 is 1.17 bits per heavy atom. The zero-order valence-electron chi connectivity index (χ0n) is 12.4. The molecule has 0 bridgehead atoms. The van der Waals surface area contributed by atoms with E-state index in [-0.39, 0.29) is 5.88 Å². The molecule has 0 saturated carbocycles. The van der Waals surface area contributed by atoms with Crippen LogP contribution in [0.5, 0.6) is 5.88 Å². The van der Waals surface area contributed by atoms with Crippen LogP contribution in [0.25, 0.3) is 31.5 Å². The number of benzene rings is 1. The van der Waals surface area contributed by atoms with Crippen molar-refractivity contribution in [3.63, 3.8) is 0 Å². The smallest absolute Gasteiger partial charge is 0.309 e. The second-order valence-electron chi connectivity index (χ2n) is 5.00. The lowest BCUT2D eigenvalue weighted by molar-refractivity contribution is -0.132. The van der Waals surface area contributed by atoms with E-state index in [1.165, 1.54) is 18.3 Å². The van der Waals surface area contributed by atoms with Gasteiger partial charge in [-0.1, -0.05) is 29.8 Å². The zero-order chi connectivity index (χ0) is 16.7. The SMILES string of the molecule is CC(=O)Oc1nc(-c2cc3ccccc3s2)oc1-c1ccc(Cl)s1. The third kappa shape index (κ3) is 2.84. The number of oxazole rings is 1. The third-order valence-electron chi connectivity index (χ3n) is 3.27. The molecule has 0 unspecified atom stereocenters. The fraction of sp³-hybridized carbons (Fsp3) is 0.0588. The van der Waals surface area contributed by atoms with E-state index in [1.807, 2.05) is 36.4 Å². The van der Waals surface area contributed by atoms with Gasteiger partial charge in [0.25, 0.3) is 5.88 Å². The fourth-order valence-electron chi connectivity index (χ4n) is 2.30. The standard InChI is InChI=1S/C17H10ClNO3S2/c1-9(20)21-17-15(12-6-7-14(18)24-12)22-16(19-17)13-8-10-4-2-3-5-11(10)23-13/h2-8H,1H3. The average molecular weight is 376 g/mol. The van der Waals surface area contributed by atoms with E-state index < -0.39 is 5.97 Å². The summed E-state index contributed by atoms with van der Waals surface area (Å²) in [5.41, 5.74) is 0. The van der Waals surface area contributed by atoms with Crippen LogP contribution >= 0.6 is 34.3 Å². The van der Waals surface area contributed by atoms with Crippen LogP contribution in [-0.2, 0) is 4.79 Å². The van der Waals surface area contributed by atoms with Crippen molar-refractivity contribution < 1.29 is 13.9 Å². The Morgan fingerprint density at radius 3 is 2.71 bits per heavy atom. The van der Waals surface area contributed by atoms with E-state index in [9.17, 15) is 4.79 Å². The molecule has 4 aromatic rings. The number of aromatic nitrogens is 1. The zero-order valence-corrected chi connectivity index (χ0v) is 14.8. The molecule has 0 aliphatic heterocycles. The van der Waals surface area contributed by atoms with E-state index in [1.54, 1.807) is 17.4 Å². The second-order valence-corrected chi connectivity index (χ2v) is 7.80. The van der Waals surface area contributed by atoms with Crippen LogP contribution in [0.3, 0.4) is 0 Å². The largest absolute Gasteiger partial charge is 0.430 e. The van der Waals surface area contributed by atoms with Gasteiger partial charge in [-0.15, -0.1) is 22.7 Å². The number of carbonyl (C=O) groups excluding carboxylic acids is 1. The molecule has 0 fully saturated rings. The number of carbonyl (C=O) groups is 1. The molecule has 4 nitrogen and oxygen atoms in total. The van der Waals surface area contributed by atoms with Crippen LogP contribution in [0, 0.1) is 0 Å². The van der Waals surface area contributed by atoms with Crippen LogP contribution in [-0.4, -0.2) is 11.0 Å². The molecule has 3 aromatic heterocycles. The molecule has 1 aromatic carbocycles. The van der Waals surface area contributed by atoms with Gasteiger partial charge in [-0.05, 0) is 29.7 Å². The van der Waals surface area contributed by atoms with Crippen molar-refractivity contribution in [3.8, 4) is 27.3 Å². The highest BCUT2D eigenvalue weighted by molar-refractivity contribution is 7.22. The summed E-state index contributed by atoms with van der Waals surface area (Å²) in [6.45, 7) is 1.33. The lowest BCUT2D eigenvalue weighted by Crippen LogP contribution is -2.02. The van der Waals surface area contributed by atoms with E-state index in [2.05, 4.69) is 4.98 Å². The van der Waals surface area contributed by atoms with Gasteiger partial charge < -0.3 is 9.15 Å². The van der Waals surface area contributed by atoms with Crippen LogP contribution < -0.4 is 4.74 Å². The number of hydrogen-bond acceptors (Lipinski definition) is 6. The minimum Gasteiger partial charge on any atom is -0.430 e. The molecule has 3 heterocycles. The van der Waals surface area contributed by atoms with E-state index in [4.69, 9.17) is 20.8 Å². The number of hydrogen-bond donors (Lipinski definition) is 0. The number of rotatable bonds is 3. The molecule has 120 valence electrons. The second kappa shape index (κ2) is 6.05. The number of esters is 1. The fourth-order valence-corrected chi connectivity index (χ4v) is 4.30. The topological polar surface area (TPSA) is 52.3 Å². The van der Waals surface area contributed by atoms with Gasteiger partial charge in [-0.2, -0.15) is 4.98 Å². The molecule has 0 saturated heterocycles. The maximum Gasteiger partial charge on any atom is 0.309 e. The van der Waals surface area contributed by atoms with E-state index in [0.717, 1.165) is 19.8 Å². The van der Waals surface area contributed by atoms with Crippen LogP contribution in [0.2, 0.25) is 4.34 Å². The third-order valence-corrected chi connectivity index (χ3v) is 5.60. The van der Waals surface area contributed by atoms with Gasteiger partial charge in [-0.3, -0.25) is 4.79 Å². The number of halogens is 1. The summed E-state index contributed by atoms with van der Waals surface area (Å²) in [6, 6.07) is 13.6. The number of ether oxygens (including phenoxy) is 1. The summed E-state index contributed by atoms with van der Waals surface area (Å²) in [7, 11) is 0. The predicted molar refractivity (Wildman–Crippen MR) is 97.0 cm³/mol. The molecule has 0 radical (unpaired) electrons. The van der Waals surface area contributed by atoms with Crippen molar-refractivity contribution in [2.75, 3.05) is 0 Å². The summed E-state index contributed by atoms with van der Waals surface area (Å²) in [5, 5.41) is 1.12. The van der Waals surface area contributed by atoms with Gasteiger partial charge >= 0.3 is 5.97 Å². The van der Waals surface area contributed by atoms with Crippen molar-refractivity contribution in [1.29, 1.82) is 0 Å². The van der Waals surface area contributed by atoms with Crippen LogP contribution in [0.1, 0.15) is 6.92 Å². The lowest BCUT2D eigenvalue weighted by atomic mass is 10.2. The maximum absolute atomic E-state index is 11.4. The van der Waals surface area contributed by atoms with Gasteiger partial charge in [0.15, 0.2) is 0 Å². The monoisotopic (exact) mass is 375 g/mol. The van der Waals surface area contributed by atoms with Crippen LogP contribution in [0.15, 0.2) is 46.9 Å². The number of fused-ring (bicyclic) bond motifs is 1. The maximum atomic E-state index is 11.4. The van der Waals surface area contributed by atoms with Crippen molar-refractivity contribution >= 4 is 50.3 Å². The van der Waals surface area contributed by atoms with Gasteiger partial charge in [0.2, 0.25) is 11.7 Å². The summed E-state index contributed by atoms with van der Waals surface area (Å²) in [4.78, 5) is 17.4. The normalized spacial score (nSPS) is 11.1. The molecule has 0 spiro atoms. The Hall–Kier alpha value is -2.15. The van der Waals surface area contributed by atoms with Crippen molar-refractivity contribution in [3.05, 3.63) is 46.8 Å². The Morgan fingerprint density at radius 2 is 2.00 bits per heavy atom. The first kappa shape index (κ1) is 15.4.